The number of nitrogens with one attached hydrogen (secondary N) is 1. The van der Waals surface area contributed by atoms with Crippen molar-refractivity contribution in [1.82, 2.24) is 0 Å². The molecule has 1 aliphatic rings. The number of halogens is 1. The number of carbonyl (C=O) groups is 2. The minimum atomic E-state index is -0.460. The summed E-state index contributed by atoms with van der Waals surface area (Å²) in [6.07, 6.45) is 1.22. The van der Waals surface area contributed by atoms with Crippen LogP contribution in [0.4, 0.5) is 10.1 Å². The maximum Gasteiger partial charge on any atom is 0.256 e. The van der Waals surface area contributed by atoms with Crippen molar-refractivity contribution >= 4 is 23.0 Å². The second-order valence-electron chi connectivity index (χ2n) is 4.79. The zero-order valence-electron chi connectivity index (χ0n) is 11.7. The van der Waals surface area contributed by atoms with E-state index in [1.54, 1.807) is 24.3 Å². The maximum atomic E-state index is 13.3. The second-order valence-corrected chi connectivity index (χ2v) is 4.79. The second kappa shape index (κ2) is 5.44. The summed E-state index contributed by atoms with van der Waals surface area (Å²) in [5.74, 6) is -0.569. The molecule has 0 saturated carbocycles. The highest BCUT2D eigenvalue weighted by molar-refractivity contribution is 6.35. The Morgan fingerprint density at radius 1 is 1.18 bits per heavy atom. The van der Waals surface area contributed by atoms with Crippen molar-refractivity contribution < 1.29 is 18.7 Å². The lowest BCUT2D eigenvalue weighted by Crippen LogP contribution is -2.06. The minimum absolute atomic E-state index is 0.162. The van der Waals surface area contributed by atoms with Gasteiger partial charge in [0.05, 0.1) is 12.7 Å². The highest BCUT2D eigenvalue weighted by Gasteiger charge is 2.25. The van der Waals surface area contributed by atoms with E-state index < -0.39 is 11.7 Å². The number of anilines is 1. The van der Waals surface area contributed by atoms with Crippen LogP contribution in [0.5, 0.6) is 5.75 Å². The van der Waals surface area contributed by atoms with Crippen LogP contribution in [0.15, 0.2) is 48.5 Å². The smallest absolute Gasteiger partial charge is 0.256 e. The van der Waals surface area contributed by atoms with E-state index in [-0.39, 0.29) is 11.4 Å². The van der Waals surface area contributed by atoms with Gasteiger partial charge in [0.15, 0.2) is 5.78 Å². The van der Waals surface area contributed by atoms with E-state index in [2.05, 4.69) is 5.32 Å². The number of hydrogen-bond acceptors (Lipinski definition) is 3. The SMILES string of the molecule is COc1ccc(C(=O)C=C2C(=O)Nc3ccc(F)cc32)cc1. The van der Waals surface area contributed by atoms with Gasteiger partial charge < -0.3 is 10.1 Å². The van der Waals surface area contributed by atoms with Gasteiger partial charge in [-0.3, -0.25) is 9.59 Å². The van der Waals surface area contributed by atoms with E-state index in [0.717, 1.165) is 0 Å². The zero-order valence-corrected chi connectivity index (χ0v) is 11.7. The standard InChI is InChI=1S/C17H12FNO3/c1-22-12-5-2-10(3-6-12)16(20)9-14-13-8-11(18)4-7-15(13)19-17(14)21/h2-9H,1H3,(H,19,21). The van der Waals surface area contributed by atoms with Crippen LogP contribution in [-0.4, -0.2) is 18.8 Å². The molecule has 0 atom stereocenters. The molecule has 5 heteroatoms. The highest BCUT2D eigenvalue weighted by Crippen LogP contribution is 2.32. The molecule has 0 spiro atoms. The lowest BCUT2D eigenvalue weighted by molar-refractivity contribution is -0.110. The Balaban J connectivity index is 1.96. The van der Waals surface area contributed by atoms with Crippen LogP contribution in [0.1, 0.15) is 15.9 Å². The number of ketones is 1. The molecule has 0 saturated heterocycles. The number of carbonyl (C=O) groups excluding carboxylic acids is 2. The van der Waals surface area contributed by atoms with Crippen molar-refractivity contribution in [3.63, 3.8) is 0 Å². The summed E-state index contributed by atoms with van der Waals surface area (Å²) in [5, 5.41) is 2.60. The monoisotopic (exact) mass is 297 g/mol. The first kappa shape index (κ1) is 14.0. The van der Waals surface area contributed by atoms with E-state index in [4.69, 9.17) is 4.74 Å². The first-order valence-electron chi connectivity index (χ1n) is 6.60. The van der Waals surface area contributed by atoms with Gasteiger partial charge in [-0.2, -0.15) is 0 Å². The third kappa shape index (κ3) is 2.48. The van der Waals surface area contributed by atoms with Gasteiger partial charge in [0.1, 0.15) is 11.6 Å². The van der Waals surface area contributed by atoms with E-state index in [9.17, 15) is 14.0 Å². The molecule has 2 aromatic carbocycles. The van der Waals surface area contributed by atoms with Crippen LogP contribution in [-0.2, 0) is 4.79 Å². The van der Waals surface area contributed by atoms with E-state index >= 15 is 0 Å². The molecule has 1 heterocycles. The number of fused-ring (bicyclic) bond motifs is 1. The molecule has 22 heavy (non-hydrogen) atoms. The number of methoxy groups -OCH3 is 1. The fraction of sp³-hybridized carbons (Fsp3) is 0.0588. The summed E-state index contributed by atoms with van der Waals surface area (Å²) >= 11 is 0. The van der Waals surface area contributed by atoms with Crippen LogP contribution in [0.3, 0.4) is 0 Å². The average molecular weight is 297 g/mol. The maximum absolute atomic E-state index is 13.3. The van der Waals surface area contributed by atoms with Gasteiger partial charge in [0, 0.05) is 16.8 Å². The van der Waals surface area contributed by atoms with E-state index in [1.165, 1.54) is 31.4 Å². The summed E-state index contributed by atoms with van der Waals surface area (Å²) in [5.41, 5.74) is 1.48. The van der Waals surface area contributed by atoms with E-state index in [1.807, 2.05) is 0 Å². The van der Waals surface area contributed by atoms with Gasteiger partial charge in [0.2, 0.25) is 0 Å². The lowest BCUT2D eigenvalue weighted by Gasteiger charge is -2.01. The molecule has 0 fully saturated rings. The fourth-order valence-corrected chi connectivity index (χ4v) is 2.27. The topological polar surface area (TPSA) is 55.4 Å². The fourth-order valence-electron chi connectivity index (χ4n) is 2.27. The normalized spacial score (nSPS) is 14.6. The molecule has 1 N–H and O–H groups in total. The third-order valence-corrected chi connectivity index (χ3v) is 3.41. The Bertz CT molecular complexity index is 794. The first-order valence-corrected chi connectivity index (χ1v) is 6.60. The zero-order chi connectivity index (χ0) is 15.7. The molecule has 3 rings (SSSR count). The van der Waals surface area contributed by atoms with E-state index in [0.29, 0.717) is 22.6 Å². The summed E-state index contributed by atoms with van der Waals surface area (Å²) < 4.78 is 18.4. The first-order chi connectivity index (χ1) is 10.6. The largest absolute Gasteiger partial charge is 0.497 e. The molecule has 0 aromatic heterocycles. The summed E-state index contributed by atoms with van der Waals surface area (Å²) in [4.78, 5) is 24.2. The van der Waals surface area contributed by atoms with Crippen LogP contribution in [0.25, 0.3) is 5.57 Å². The number of ether oxygens (including phenoxy) is 1. The molecular formula is C17H12FNO3. The molecule has 2 aromatic rings. The van der Waals surface area contributed by atoms with Crippen LogP contribution in [0, 0.1) is 5.82 Å². The Kier molecular flexibility index (Phi) is 3.47. The van der Waals surface area contributed by atoms with Crippen molar-refractivity contribution in [3.05, 3.63) is 65.5 Å². The predicted molar refractivity (Wildman–Crippen MR) is 80.3 cm³/mol. The molecule has 110 valence electrons. The molecule has 1 amide bonds. The van der Waals surface area contributed by atoms with Crippen molar-refractivity contribution in [3.8, 4) is 5.75 Å². The van der Waals surface area contributed by atoms with Crippen molar-refractivity contribution in [2.75, 3.05) is 12.4 Å². The number of rotatable bonds is 3. The summed E-state index contributed by atoms with van der Waals surface area (Å²) in [6, 6.07) is 10.5. The third-order valence-electron chi connectivity index (χ3n) is 3.41. The van der Waals surface area contributed by atoms with Crippen LogP contribution < -0.4 is 10.1 Å². The Labute approximate surface area is 126 Å². The van der Waals surface area contributed by atoms with Gasteiger partial charge in [-0.05, 0) is 48.5 Å². The average Bonchev–Trinajstić information content (AvgIpc) is 2.83. The Hall–Kier alpha value is -2.95. The quantitative estimate of drug-likeness (QED) is 0.700. The molecule has 0 radical (unpaired) electrons. The predicted octanol–water partition coefficient (Wildman–Crippen LogP) is 3.05. The molecule has 0 unspecified atom stereocenters. The number of allylic oxidation sites excluding steroid dienone is 1. The molecule has 1 aliphatic heterocycles. The van der Waals surface area contributed by atoms with Gasteiger partial charge in [-0.25, -0.2) is 4.39 Å². The summed E-state index contributed by atoms with van der Waals surface area (Å²) in [6.45, 7) is 0. The Morgan fingerprint density at radius 2 is 1.91 bits per heavy atom. The lowest BCUT2D eigenvalue weighted by atomic mass is 10.0. The van der Waals surface area contributed by atoms with Gasteiger partial charge in [-0.15, -0.1) is 0 Å². The van der Waals surface area contributed by atoms with Gasteiger partial charge in [-0.1, -0.05) is 0 Å². The minimum Gasteiger partial charge on any atom is -0.497 e. The molecule has 4 nitrogen and oxygen atoms in total. The Morgan fingerprint density at radius 3 is 2.59 bits per heavy atom. The highest BCUT2D eigenvalue weighted by atomic mass is 19.1. The van der Waals surface area contributed by atoms with Gasteiger partial charge >= 0.3 is 0 Å². The molecule has 0 bridgehead atoms. The molecule has 0 aliphatic carbocycles. The van der Waals surface area contributed by atoms with Crippen molar-refractivity contribution in [2.45, 2.75) is 0 Å². The number of amides is 1. The number of hydrogen-bond donors (Lipinski definition) is 1. The van der Waals surface area contributed by atoms with Crippen molar-refractivity contribution in [1.29, 1.82) is 0 Å². The molecular weight excluding hydrogens is 285 g/mol. The summed E-state index contributed by atoms with van der Waals surface area (Å²) in [7, 11) is 1.53. The van der Waals surface area contributed by atoms with Crippen molar-refractivity contribution in [2.24, 2.45) is 0 Å². The van der Waals surface area contributed by atoms with Gasteiger partial charge in [0.25, 0.3) is 5.91 Å². The van der Waals surface area contributed by atoms with Crippen LogP contribution >= 0.6 is 0 Å². The van der Waals surface area contributed by atoms with Crippen LogP contribution in [0.2, 0.25) is 0 Å². The number of benzene rings is 2.